The van der Waals surface area contributed by atoms with Gasteiger partial charge in [0.25, 0.3) is 5.91 Å². The molecule has 6 heteroatoms. The van der Waals surface area contributed by atoms with Crippen molar-refractivity contribution in [2.24, 2.45) is 5.92 Å². The summed E-state index contributed by atoms with van der Waals surface area (Å²) < 4.78 is 3.07. The van der Waals surface area contributed by atoms with Gasteiger partial charge in [-0.25, -0.2) is 0 Å². The molecular weight excluding hydrogens is 416 g/mol. The molecule has 0 unspecified atom stereocenters. The fraction of sp³-hybridized carbons (Fsp3) is 0.545. The number of aromatic nitrogens is 2. The van der Waals surface area contributed by atoms with Crippen molar-refractivity contribution in [3.63, 3.8) is 0 Å². The first-order valence-electron chi connectivity index (χ1n) is 10.3. The lowest BCUT2D eigenvalue weighted by Crippen LogP contribution is -2.35. The van der Waals surface area contributed by atoms with Crippen molar-refractivity contribution in [2.45, 2.75) is 39.7 Å². The van der Waals surface area contributed by atoms with E-state index in [2.05, 4.69) is 45.0 Å². The highest BCUT2D eigenvalue weighted by molar-refractivity contribution is 9.10. The summed E-state index contributed by atoms with van der Waals surface area (Å²) in [5, 5.41) is 4.57. The molecule has 2 aliphatic rings. The lowest BCUT2D eigenvalue weighted by molar-refractivity contribution is 0.0761. The topological polar surface area (TPSA) is 41.4 Å². The molecule has 0 N–H and O–H groups in total. The van der Waals surface area contributed by atoms with Crippen LogP contribution in [0.25, 0.3) is 0 Å². The van der Waals surface area contributed by atoms with Crippen LogP contribution in [-0.4, -0.2) is 58.2 Å². The van der Waals surface area contributed by atoms with Crippen molar-refractivity contribution >= 4 is 21.8 Å². The quantitative estimate of drug-likeness (QED) is 0.702. The Labute approximate surface area is 175 Å². The van der Waals surface area contributed by atoms with Crippen LogP contribution in [0.4, 0.5) is 0 Å². The Morgan fingerprint density at radius 1 is 1.11 bits per heavy atom. The van der Waals surface area contributed by atoms with Crippen LogP contribution in [0, 0.1) is 19.8 Å². The first-order valence-corrected chi connectivity index (χ1v) is 11.1. The average Bonchev–Trinajstić information content (AvgIpc) is 3.51. The number of rotatable bonds is 5. The van der Waals surface area contributed by atoms with E-state index < -0.39 is 0 Å². The fourth-order valence-corrected chi connectivity index (χ4v) is 4.24. The van der Waals surface area contributed by atoms with Gasteiger partial charge in [-0.1, -0.05) is 12.1 Å². The van der Waals surface area contributed by atoms with Gasteiger partial charge in [0.15, 0.2) is 0 Å². The predicted molar refractivity (Wildman–Crippen MR) is 115 cm³/mol. The molecule has 1 amide bonds. The molecule has 4 rings (SSSR count). The molecule has 0 atom stereocenters. The lowest BCUT2D eigenvalue weighted by atomic mass is 10.1. The van der Waals surface area contributed by atoms with E-state index >= 15 is 0 Å². The Hall–Kier alpha value is -1.66. The first-order chi connectivity index (χ1) is 13.5. The van der Waals surface area contributed by atoms with E-state index in [1.807, 2.05) is 28.6 Å². The second kappa shape index (κ2) is 8.37. The van der Waals surface area contributed by atoms with Crippen LogP contribution >= 0.6 is 15.9 Å². The third kappa shape index (κ3) is 4.49. The third-order valence-electron chi connectivity index (χ3n) is 5.92. The Bertz CT molecular complexity index is 841. The van der Waals surface area contributed by atoms with E-state index in [-0.39, 0.29) is 5.91 Å². The molecule has 5 nitrogen and oxygen atoms in total. The molecule has 150 valence electrons. The molecule has 1 aliphatic carbocycles. The van der Waals surface area contributed by atoms with E-state index in [1.165, 1.54) is 19.4 Å². The standard InChI is InChI=1S/C22H29BrN4O/c1-16-21(23)17(2)27(24-16)15-19-6-8-20(9-7-19)22(28)26-11-3-10-25(12-13-26)14-18-4-5-18/h6-9,18H,3-5,10-15H2,1-2H3. The summed E-state index contributed by atoms with van der Waals surface area (Å²) in [4.78, 5) is 17.5. The molecule has 2 aromatic rings. The van der Waals surface area contributed by atoms with E-state index in [9.17, 15) is 4.79 Å². The summed E-state index contributed by atoms with van der Waals surface area (Å²) in [6, 6.07) is 8.03. The number of halogens is 1. The zero-order valence-corrected chi connectivity index (χ0v) is 18.4. The minimum Gasteiger partial charge on any atom is -0.337 e. The summed E-state index contributed by atoms with van der Waals surface area (Å²) >= 11 is 3.58. The van der Waals surface area contributed by atoms with E-state index in [0.717, 1.165) is 65.5 Å². The number of benzene rings is 1. The number of carbonyl (C=O) groups is 1. The number of hydrogen-bond acceptors (Lipinski definition) is 3. The van der Waals surface area contributed by atoms with Gasteiger partial charge in [-0.05, 0) is 79.2 Å². The van der Waals surface area contributed by atoms with Crippen LogP contribution in [0.15, 0.2) is 28.7 Å². The van der Waals surface area contributed by atoms with Crippen LogP contribution in [0.5, 0.6) is 0 Å². The lowest BCUT2D eigenvalue weighted by Gasteiger charge is -2.22. The molecule has 28 heavy (non-hydrogen) atoms. The Morgan fingerprint density at radius 3 is 2.50 bits per heavy atom. The summed E-state index contributed by atoms with van der Waals surface area (Å²) in [6.07, 6.45) is 3.85. The van der Waals surface area contributed by atoms with Crippen LogP contribution in [0.2, 0.25) is 0 Å². The second-order valence-electron chi connectivity index (χ2n) is 8.23. The van der Waals surface area contributed by atoms with Gasteiger partial charge in [0.2, 0.25) is 0 Å². The molecule has 2 fully saturated rings. The first kappa shape index (κ1) is 19.6. The fourth-order valence-electron chi connectivity index (χ4n) is 3.96. The molecule has 2 heterocycles. The van der Waals surface area contributed by atoms with Crippen molar-refractivity contribution in [3.05, 3.63) is 51.3 Å². The van der Waals surface area contributed by atoms with Crippen LogP contribution in [0.1, 0.15) is 46.6 Å². The maximum Gasteiger partial charge on any atom is 0.253 e. The maximum atomic E-state index is 12.9. The van der Waals surface area contributed by atoms with Gasteiger partial charge in [-0.3, -0.25) is 9.48 Å². The van der Waals surface area contributed by atoms with Gasteiger partial charge in [0.1, 0.15) is 0 Å². The second-order valence-corrected chi connectivity index (χ2v) is 9.02. The van der Waals surface area contributed by atoms with Crippen LogP contribution in [0.3, 0.4) is 0 Å². The molecular formula is C22H29BrN4O. The van der Waals surface area contributed by atoms with Gasteiger partial charge >= 0.3 is 0 Å². The zero-order chi connectivity index (χ0) is 19.7. The van der Waals surface area contributed by atoms with Gasteiger partial charge in [-0.2, -0.15) is 5.10 Å². The Balaban J connectivity index is 1.37. The molecule has 1 saturated carbocycles. The Kier molecular flexibility index (Phi) is 5.88. The monoisotopic (exact) mass is 444 g/mol. The summed E-state index contributed by atoms with van der Waals surface area (Å²) in [5.74, 6) is 1.08. The van der Waals surface area contributed by atoms with Crippen molar-refractivity contribution in [2.75, 3.05) is 32.7 Å². The van der Waals surface area contributed by atoms with Crippen LogP contribution < -0.4 is 0 Å². The average molecular weight is 445 g/mol. The number of amides is 1. The minimum absolute atomic E-state index is 0.161. The highest BCUT2D eigenvalue weighted by atomic mass is 79.9. The minimum atomic E-state index is 0.161. The van der Waals surface area contributed by atoms with Crippen molar-refractivity contribution in [1.82, 2.24) is 19.6 Å². The zero-order valence-electron chi connectivity index (χ0n) is 16.8. The smallest absolute Gasteiger partial charge is 0.253 e. The SMILES string of the molecule is Cc1nn(Cc2ccc(C(=O)N3CCCN(CC4CC4)CC3)cc2)c(C)c1Br. The van der Waals surface area contributed by atoms with Gasteiger partial charge in [0.05, 0.1) is 22.4 Å². The summed E-state index contributed by atoms with van der Waals surface area (Å²) in [7, 11) is 0. The Morgan fingerprint density at radius 2 is 1.86 bits per heavy atom. The molecule has 0 spiro atoms. The summed E-state index contributed by atoms with van der Waals surface area (Å²) in [5.41, 5.74) is 4.06. The van der Waals surface area contributed by atoms with Gasteiger partial charge < -0.3 is 9.80 Å². The highest BCUT2D eigenvalue weighted by Crippen LogP contribution is 2.30. The number of hydrogen-bond donors (Lipinski definition) is 0. The molecule has 1 saturated heterocycles. The molecule has 1 aromatic heterocycles. The largest absolute Gasteiger partial charge is 0.337 e. The maximum absolute atomic E-state index is 12.9. The third-order valence-corrected chi connectivity index (χ3v) is 7.06. The van der Waals surface area contributed by atoms with Crippen molar-refractivity contribution in [1.29, 1.82) is 0 Å². The van der Waals surface area contributed by atoms with Gasteiger partial charge in [-0.15, -0.1) is 0 Å². The number of nitrogens with zero attached hydrogens (tertiary/aromatic N) is 4. The van der Waals surface area contributed by atoms with E-state index in [4.69, 9.17) is 0 Å². The molecule has 0 bridgehead atoms. The van der Waals surface area contributed by atoms with Crippen molar-refractivity contribution in [3.8, 4) is 0 Å². The van der Waals surface area contributed by atoms with Gasteiger partial charge in [0, 0.05) is 31.7 Å². The van der Waals surface area contributed by atoms with Crippen LogP contribution in [-0.2, 0) is 6.54 Å². The molecule has 1 aromatic carbocycles. The highest BCUT2D eigenvalue weighted by Gasteiger charge is 2.26. The number of aryl methyl sites for hydroxylation is 1. The number of carbonyl (C=O) groups excluding carboxylic acids is 1. The van der Waals surface area contributed by atoms with E-state index in [0.29, 0.717) is 6.54 Å². The summed E-state index contributed by atoms with van der Waals surface area (Å²) in [6.45, 7) is 9.83. The molecule has 1 aliphatic heterocycles. The van der Waals surface area contributed by atoms with E-state index in [1.54, 1.807) is 0 Å². The molecule has 0 radical (unpaired) electrons. The van der Waals surface area contributed by atoms with Crippen molar-refractivity contribution < 1.29 is 4.79 Å². The predicted octanol–water partition coefficient (Wildman–Crippen LogP) is 3.87. The normalized spacial score (nSPS) is 18.3.